The number of rotatable bonds is 3. The lowest BCUT2D eigenvalue weighted by Crippen LogP contribution is -2.12. The second-order valence-electron chi connectivity index (χ2n) is 4.54. The zero-order valence-electron chi connectivity index (χ0n) is 11.7. The van der Waals surface area contributed by atoms with Gasteiger partial charge in [0.25, 0.3) is 5.91 Å². The Morgan fingerprint density at radius 2 is 2.14 bits per heavy atom. The molecule has 0 unspecified atom stereocenters. The van der Waals surface area contributed by atoms with Crippen molar-refractivity contribution >= 4 is 17.2 Å². The topological polar surface area (TPSA) is 68.5 Å². The van der Waals surface area contributed by atoms with E-state index in [9.17, 15) is 4.79 Å². The van der Waals surface area contributed by atoms with E-state index in [0.717, 1.165) is 0 Å². The maximum absolute atomic E-state index is 12.3. The van der Waals surface area contributed by atoms with Crippen LogP contribution in [0.15, 0.2) is 42.6 Å². The van der Waals surface area contributed by atoms with Gasteiger partial charge in [0.1, 0.15) is 11.6 Å². The van der Waals surface area contributed by atoms with Crippen molar-refractivity contribution in [1.82, 2.24) is 14.6 Å². The normalized spacial score (nSPS) is 10.6. The smallest absolute Gasteiger partial charge is 0.255 e. The summed E-state index contributed by atoms with van der Waals surface area (Å²) < 4.78 is 6.76. The number of pyridine rings is 1. The summed E-state index contributed by atoms with van der Waals surface area (Å²) in [5.41, 5.74) is 1.75. The molecule has 0 aliphatic rings. The first-order valence-corrected chi connectivity index (χ1v) is 6.45. The molecule has 6 heteroatoms. The number of amides is 1. The summed E-state index contributed by atoms with van der Waals surface area (Å²) in [7, 11) is 1.57. The van der Waals surface area contributed by atoms with Gasteiger partial charge in [-0.3, -0.25) is 4.79 Å². The summed E-state index contributed by atoms with van der Waals surface area (Å²) in [6.45, 7) is 1.81. The number of aromatic nitrogens is 3. The predicted octanol–water partition coefficient (Wildman–Crippen LogP) is 2.30. The Kier molecular flexibility index (Phi) is 3.27. The molecule has 0 bridgehead atoms. The second-order valence-corrected chi connectivity index (χ2v) is 4.54. The minimum absolute atomic E-state index is 0.220. The highest BCUT2D eigenvalue weighted by Crippen LogP contribution is 2.17. The van der Waals surface area contributed by atoms with Crippen molar-refractivity contribution < 1.29 is 9.53 Å². The molecule has 0 atom stereocenters. The van der Waals surface area contributed by atoms with Gasteiger partial charge >= 0.3 is 0 Å². The van der Waals surface area contributed by atoms with Crippen molar-refractivity contribution in [2.45, 2.75) is 6.92 Å². The van der Waals surface area contributed by atoms with Gasteiger partial charge in [-0.25, -0.2) is 9.50 Å². The lowest BCUT2D eigenvalue weighted by molar-refractivity contribution is 0.102. The van der Waals surface area contributed by atoms with Crippen molar-refractivity contribution in [3.05, 3.63) is 54.0 Å². The van der Waals surface area contributed by atoms with Crippen LogP contribution in [-0.4, -0.2) is 27.6 Å². The van der Waals surface area contributed by atoms with Crippen LogP contribution in [0.1, 0.15) is 16.2 Å². The van der Waals surface area contributed by atoms with Crippen molar-refractivity contribution in [3.8, 4) is 5.75 Å². The molecule has 1 N–H and O–H groups in total. The number of nitrogens with zero attached hydrogens (tertiary/aromatic N) is 3. The summed E-state index contributed by atoms with van der Waals surface area (Å²) >= 11 is 0. The number of fused-ring (bicyclic) bond motifs is 1. The van der Waals surface area contributed by atoms with Crippen LogP contribution in [-0.2, 0) is 0 Å². The molecule has 1 aromatic carbocycles. The van der Waals surface area contributed by atoms with Crippen LogP contribution in [0, 0.1) is 6.92 Å². The fourth-order valence-electron chi connectivity index (χ4n) is 2.07. The fourth-order valence-corrected chi connectivity index (χ4v) is 2.07. The van der Waals surface area contributed by atoms with Gasteiger partial charge in [0.15, 0.2) is 5.65 Å². The molecule has 0 radical (unpaired) electrons. The van der Waals surface area contributed by atoms with E-state index in [4.69, 9.17) is 4.74 Å². The molecule has 0 saturated carbocycles. The van der Waals surface area contributed by atoms with Crippen molar-refractivity contribution in [2.75, 3.05) is 12.4 Å². The monoisotopic (exact) mass is 282 g/mol. The largest absolute Gasteiger partial charge is 0.497 e. The molecular weight excluding hydrogens is 268 g/mol. The fraction of sp³-hybridized carbons (Fsp3) is 0.133. The Morgan fingerprint density at radius 3 is 2.95 bits per heavy atom. The third-order valence-corrected chi connectivity index (χ3v) is 3.05. The Morgan fingerprint density at radius 1 is 1.29 bits per heavy atom. The van der Waals surface area contributed by atoms with E-state index in [0.29, 0.717) is 28.5 Å². The summed E-state index contributed by atoms with van der Waals surface area (Å²) in [5, 5.41) is 7.06. The van der Waals surface area contributed by atoms with Gasteiger partial charge in [0, 0.05) is 11.8 Å². The zero-order valence-corrected chi connectivity index (χ0v) is 11.7. The number of nitrogens with one attached hydrogen (secondary N) is 1. The quantitative estimate of drug-likeness (QED) is 0.800. The van der Waals surface area contributed by atoms with E-state index >= 15 is 0 Å². The minimum atomic E-state index is -0.220. The lowest BCUT2D eigenvalue weighted by Gasteiger charge is -2.07. The maximum Gasteiger partial charge on any atom is 0.255 e. The second kappa shape index (κ2) is 5.24. The van der Waals surface area contributed by atoms with Crippen molar-refractivity contribution in [3.63, 3.8) is 0 Å². The first-order valence-electron chi connectivity index (χ1n) is 6.45. The zero-order chi connectivity index (χ0) is 14.8. The number of hydrogen-bond acceptors (Lipinski definition) is 4. The molecular formula is C15H14N4O2. The Balaban J connectivity index is 1.92. The predicted molar refractivity (Wildman–Crippen MR) is 78.7 cm³/mol. The van der Waals surface area contributed by atoms with E-state index in [-0.39, 0.29) is 5.91 Å². The van der Waals surface area contributed by atoms with Crippen LogP contribution in [0.5, 0.6) is 5.75 Å². The van der Waals surface area contributed by atoms with Gasteiger partial charge in [-0.05, 0) is 37.3 Å². The highest BCUT2D eigenvalue weighted by atomic mass is 16.5. The number of benzene rings is 1. The van der Waals surface area contributed by atoms with Crippen LogP contribution < -0.4 is 10.1 Å². The molecule has 0 aliphatic carbocycles. The minimum Gasteiger partial charge on any atom is -0.497 e. The SMILES string of the molecule is COc1cccc(C(=O)Nc2cccn3nc(C)nc23)c1. The van der Waals surface area contributed by atoms with Crippen molar-refractivity contribution in [2.24, 2.45) is 0 Å². The average Bonchev–Trinajstić information content (AvgIpc) is 2.88. The van der Waals surface area contributed by atoms with Gasteiger partial charge in [-0.2, -0.15) is 5.10 Å². The molecule has 0 saturated heterocycles. The number of anilines is 1. The molecule has 1 amide bonds. The van der Waals surface area contributed by atoms with Gasteiger partial charge in [-0.15, -0.1) is 0 Å². The van der Waals surface area contributed by atoms with Gasteiger partial charge in [0.05, 0.1) is 12.8 Å². The van der Waals surface area contributed by atoms with E-state index < -0.39 is 0 Å². The Bertz CT molecular complexity index is 810. The number of aryl methyl sites for hydroxylation is 1. The average molecular weight is 282 g/mol. The van der Waals surface area contributed by atoms with E-state index in [1.54, 1.807) is 55.1 Å². The first kappa shape index (κ1) is 13.1. The maximum atomic E-state index is 12.3. The molecule has 106 valence electrons. The van der Waals surface area contributed by atoms with Gasteiger partial charge in [-0.1, -0.05) is 6.07 Å². The number of methoxy groups -OCH3 is 1. The third kappa shape index (κ3) is 2.55. The standard InChI is InChI=1S/C15H14N4O2/c1-10-16-14-13(7-4-8-19(14)18-10)17-15(20)11-5-3-6-12(9-11)21-2/h3-9H,1-2H3,(H,17,20). The summed E-state index contributed by atoms with van der Waals surface area (Å²) in [4.78, 5) is 16.6. The van der Waals surface area contributed by atoms with Gasteiger partial charge < -0.3 is 10.1 Å². The molecule has 21 heavy (non-hydrogen) atoms. The molecule has 2 aromatic heterocycles. The summed E-state index contributed by atoms with van der Waals surface area (Å²) in [6, 6.07) is 10.6. The highest BCUT2D eigenvalue weighted by Gasteiger charge is 2.11. The summed E-state index contributed by atoms with van der Waals surface area (Å²) in [5.74, 6) is 1.07. The summed E-state index contributed by atoms with van der Waals surface area (Å²) in [6.07, 6.45) is 1.79. The number of ether oxygens (including phenoxy) is 1. The molecule has 2 heterocycles. The van der Waals surface area contributed by atoms with Crippen molar-refractivity contribution in [1.29, 1.82) is 0 Å². The van der Waals surface area contributed by atoms with E-state index in [1.807, 2.05) is 6.07 Å². The number of carbonyl (C=O) groups is 1. The van der Waals surface area contributed by atoms with Crippen LogP contribution in [0.3, 0.4) is 0 Å². The third-order valence-electron chi connectivity index (χ3n) is 3.05. The number of hydrogen-bond donors (Lipinski definition) is 1. The molecule has 0 aliphatic heterocycles. The molecule has 0 spiro atoms. The van der Waals surface area contributed by atoms with Crippen LogP contribution >= 0.6 is 0 Å². The van der Waals surface area contributed by atoms with E-state index in [2.05, 4.69) is 15.4 Å². The van der Waals surface area contributed by atoms with E-state index in [1.165, 1.54) is 0 Å². The van der Waals surface area contributed by atoms with Crippen LogP contribution in [0.4, 0.5) is 5.69 Å². The molecule has 3 rings (SSSR count). The molecule has 3 aromatic rings. The molecule has 6 nitrogen and oxygen atoms in total. The van der Waals surface area contributed by atoms with Crippen LogP contribution in [0.2, 0.25) is 0 Å². The highest BCUT2D eigenvalue weighted by molar-refractivity contribution is 6.06. The Hall–Kier alpha value is -2.89. The van der Waals surface area contributed by atoms with Crippen LogP contribution in [0.25, 0.3) is 5.65 Å². The molecule has 0 fully saturated rings. The first-order chi connectivity index (χ1) is 10.2. The Labute approximate surface area is 121 Å². The lowest BCUT2D eigenvalue weighted by atomic mass is 10.2. The number of carbonyl (C=O) groups excluding carboxylic acids is 1. The van der Waals surface area contributed by atoms with Gasteiger partial charge in [0.2, 0.25) is 0 Å².